The van der Waals surface area contributed by atoms with Crippen LogP contribution in [0.4, 0.5) is 0 Å². The zero-order valence-corrected chi connectivity index (χ0v) is 13.8. The summed E-state index contributed by atoms with van der Waals surface area (Å²) in [7, 11) is 0. The zero-order chi connectivity index (χ0) is 14.8. The molecule has 1 rings (SSSR count). The van der Waals surface area contributed by atoms with Gasteiger partial charge in [-0.05, 0) is 46.2 Å². The molecule has 0 unspecified atom stereocenters. The Morgan fingerprint density at radius 2 is 1.37 bits per heavy atom. The summed E-state index contributed by atoms with van der Waals surface area (Å²) in [6.07, 6.45) is 1.37. The second kappa shape index (κ2) is 5.62. The van der Waals surface area contributed by atoms with Gasteiger partial charge in [-0.15, -0.1) is 0 Å². The smallest absolute Gasteiger partial charge is 0.156 e. The highest BCUT2D eigenvalue weighted by atomic mass is 32.1. The molecule has 0 fully saturated rings. The Labute approximate surface area is 123 Å². The van der Waals surface area contributed by atoms with Gasteiger partial charge in [0.25, 0.3) is 0 Å². The van der Waals surface area contributed by atoms with Gasteiger partial charge >= 0.3 is 0 Å². The molecule has 0 atom stereocenters. The lowest BCUT2D eigenvalue weighted by Gasteiger charge is -2.26. The van der Waals surface area contributed by atoms with Crippen molar-refractivity contribution in [3.05, 3.63) is 34.9 Å². The fraction of sp³-hybridized carbons (Fsp3) is 0.588. The molecule has 2 heteroatoms. The molecule has 0 saturated carbocycles. The van der Waals surface area contributed by atoms with Gasteiger partial charge in [-0.3, -0.25) is 0 Å². The summed E-state index contributed by atoms with van der Waals surface area (Å²) in [4.78, 5) is 0. The Morgan fingerprint density at radius 3 is 1.68 bits per heavy atom. The van der Waals surface area contributed by atoms with Crippen LogP contribution in [0.25, 0.3) is 0 Å². The summed E-state index contributed by atoms with van der Waals surface area (Å²) < 4.78 is 0. The third kappa shape index (κ3) is 4.94. The standard InChI is InChI=1S/C17H26OS/c1-16(2,3)13-9-12(7-8-15(18)19)10-14(11-13)17(4,5)6/h9-11H,7-8H2,1-6H3,(H,18,19). The van der Waals surface area contributed by atoms with Gasteiger partial charge < -0.3 is 5.11 Å². The Morgan fingerprint density at radius 1 is 0.947 bits per heavy atom. The maximum Gasteiger partial charge on any atom is 0.156 e. The molecule has 0 aliphatic rings. The summed E-state index contributed by atoms with van der Waals surface area (Å²) >= 11 is 4.76. The van der Waals surface area contributed by atoms with Crippen LogP contribution >= 0.6 is 12.2 Å². The van der Waals surface area contributed by atoms with E-state index in [9.17, 15) is 5.11 Å². The molecule has 1 aromatic carbocycles. The number of hydrogen-bond acceptors (Lipinski definition) is 1. The van der Waals surface area contributed by atoms with Crippen LogP contribution in [0.5, 0.6) is 0 Å². The van der Waals surface area contributed by atoms with Crippen LogP contribution in [0.15, 0.2) is 18.2 Å². The molecule has 0 heterocycles. The first-order valence-corrected chi connectivity index (χ1v) is 7.28. The van der Waals surface area contributed by atoms with Crippen LogP contribution in [-0.4, -0.2) is 10.2 Å². The van der Waals surface area contributed by atoms with E-state index in [-0.39, 0.29) is 15.9 Å². The second-order valence-electron chi connectivity index (χ2n) is 7.31. The Bertz CT molecular complexity index is 429. The quantitative estimate of drug-likeness (QED) is 0.776. The van der Waals surface area contributed by atoms with Gasteiger partial charge in [0.15, 0.2) is 5.05 Å². The molecule has 0 saturated heterocycles. The van der Waals surface area contributed by atoms with Gasteiger partial charge in [0.2, 0.25) is 0 Å². The predicted octanol–water partition coefficient (Wildman–Crippen LogP) is 5.10. The molecule has 0 radical (unpaired) electrons. The van der Waals surface area contributed by atoms with Gasteiger partial charge in [-0.25, -0.2) is 0 Å². The van der Waals surface area contributed by atoms with Crippen LogP contribution in [0.3, 0.4) is 0 Å². The van der Waals surface area contributed by atoms with Crippen molar-refractivity contribution in [3.63, 3.8) is 0 Å². The minimum Gasteiger partial charge on any atom is -0.502 e. The van der Waals surface area contributed by atoms with Crippen molar-refractivity contribution >= 4 is 17.3 Å². The summed E-state index contributed by atoms with van der Waals surface area (Å²) in [5.74, 6) is 0. The molecule has 0 bridgehead atoms. The minimum atomic E-state index is 0.0958. The van der Waals surface area contributed by atoms with Gasteiger partial charge in [0.05, 0.1) is 0 Å². The predicted molar refractivity (Wildman–Crippen MR) is 87.4 cm³/mol. The minimum absolute atomic E-state index is 0.0958. The van der Waals surface area contributed by atoms with E-state index in [1.165, 1.54) is 16.7 Å². The van der Waals surface area contributed by atoms with Gasteiger partial charge in [0.1, 0.15) is 0 Å². The molecule has 19 heavy (non-hydrogen) atoms. The lowest BCUT2D eigenvalue weighted by Crippen LogP contribution is -2.17. The highest BCUT2D eigenvalue weighted by Crippen LogP contribution is 2.30. The van der Waals surface area contributed by atoms with Gasteiger partial charge in [-0.2, -0.15) is 0 Å². The first kappa shape index (κ1) is 16.2. The third-order valence-electron chi connectivity index (χ3n) is 3.35. The number of aliphatic hydroxyl groups is 1. The van der Waals surface area contributed by atoms with Crippen molar-refractivity contribution in [1.29, 1.82) is 0 Å². The topological polar surface area (TPSA) is 20.2 Å². The van der Waals surface area contributed by atoms with Gasteiger partial charge in [-0.1, -0.05) is 59.7 Å². The van der Waals surface area contributed by atoms with Crippen molar-refractivity contribution < 1.29 is 5.11 Å². The fourth-order valence-corrected chi connectivity index (χ4v) is 2.06. The van der Waals surface area contributed by atoms with Crippen LogP contribution in [-0.2, 0) is 17.3 Å². The lowest BCUT2D eigenvalue weighted by molar-refractivity contribution is 0.547. The Hall–Kier alpha value is -0.890. The summed E-state index contributed by atoms with van der Waals surface area (Å²) in [6, 6.07) is 6.79. The number of hydrogen-bond donors (Lipinski definition) is 1. The maximum absolute atomic E-state index is 9.20. The van der Waals surface area contributed by atoms with E-state index in [2.05, 4.69) is 59.7 Å². The number of aryl methyl sites for hydroxylation is 1. The fourth-order valence-electron chi connectivity index (χ4n) is 1.95. The molecule has 0 spiro atoms. The van der Waals surface area contributed by atoms with Crippen molar-refractivity contribution in [2.45, 2.75) is 65.2 Å². The molecule has 0 aromatic heterocycles. The van der Waals surface area contributed by atoms with E-state index in [1.807, 2.05) is 0 Å². The molecule has 1 N–H and O–H groups in total. The van der Waals surface area contributed by atoms with Crippen molar-refractivity contribution in [2.24, 2.45) is 0 Å². The normalized spacial score (nSPS) is 12.5. The van der Waals surface area contributed by atoms with Crippen molar-refractivity contribution in [3.8, 4) is 0 Å². The average molecular weight is 278 g/mol. The number of benzene rings is 1. The van der Waals surface area contributed by atoms with Crippen molar-refractivity contribution in [2.75, 3.05) is 0 Å². The molecule has 106 valence electrons. The van der Waals surface area contributed by atoms with Crippen LogP contribution < -0.4 is 0 Å². The maximum atomic E-state index is 9.20. The molecule has 0 amide bonds. The number of aliphatic hydroxyl groups excluding tert-OH is 1. The molecule has 0 aliphatic carbocycles. The van der Waals surface area contributed by atoms with E-state index >= 15 is 0 Å². The first-order chi connectivity index (χ1) is 8.50. The van der Waals surface area contributed by atoms with Crippen LogP contribution in [0.2, 0.25) is 0 Å². The summed E-state index contributed by atoms with van der Waals surface area (Å²) in [6.45, 7) is 13.4. The second-order valence-corrected chi connectivity index (χ2v) is 7.78. The number of thiocarbonyl (C=S) groups is 1. The SMILES string of the molecule is CC(C)(C)c1cc(CCC(O)=S)cc(C(C)(C)C)c1. The van der Waals surface area contributed by atoms with Crippen LogP contribution in [0, 0.1) is 0 Å². The lowest BCUT2D eigenvalue weighted by atomic mass is 9.79. The molecule has 1 aromatic rings. The largest absolute Gasteiger partial charge is 0.502 e. The third-order valence-corrected chi connectivity index (χ3v) is 3.56. The Kier molecular flexibility index (Phi) is 4.78. The first-order valence-electron chi connectivity index (χ1n) is 6.87. The molecule has 1 nitrogen and oxygen atoms in total. The van der Waals surface area contributed by atoms with Crippen LogP contribution in [0.1, 0.15) is 64.7 Å². The highest BCUT2D eigenvalue weighted by Gasteiger charge is 2.20. The highest BCUT2D eigenvalue weighted by molar-refractivity contribution is 7.80. The van der Waals surface area contributed by atoms with E-state index in [1.54, 1.807) is 0 Å². The molecule has 0 aliphatic heterocycles. The molecular weight excluding hydrogens is 252 g/mol. The van der Waals surface area contributed by atoms with Gasteiger partial charge in [0, 0.05) is 6.42 Å². The Balaban J connectivity index is 3.21. The van der Waals surface area contributed by atoms with E-state index in [4.69, 9.17) is 12.2 Å². The zero-order valence-electron chi connectivity index (χ0n) is 13.0. The summed E-state index contributed by atoms with van der Waals surface area (Å²) in [5, 5.41) is 9.30. The van der Waals surface area contributed by atoms with E-state index < -0.39 is 0 Å². The molecular formula is C17H26OS. The summed E-state index contributed by atoms with van der Waals surface area (Å²) in [5.41, 5.74) is 4.22. The van der Waals surface area contributed by atoms with E-state index in [0.717, 1.165) is 6.42 Å². The van der Waals surface area contributed by atoms with E-state index in [0.29, 0.717) is 6.42 Å². The average Bonchev–Trinajstić information content (AvgIpc) is 2.23. The monoisotopic (exact) mass is 278 g/mol. The van der Waals surface area contributed by atoms with Crippen molar-refractivity contribution in [1.82, 2.24) is 0 Å². The number of rotatable bonds is 3.